The molecule has 8 rings (SSSR count). The van der Waals surface area contributed by atoms with Crippen LogP contribution in [0.4, 0.5) is 0 Å². The fraction of sp³-hybridized carbons (Fsp3) is 0. The van der Waals surface area contributed by atoms with Crippen LogP contribution in [0.5, 0.6) is 11.5 Å². The van der Waals surface area contributed by atoms with Gasteiger partial charge in [0.2, 0.25) is 0 Å². The monoisotopic (exact) mass is 594 g/mol. The van der Waals surface area contributed by atoms with Gasteiger partial charge in [-0.3, -0.25) is 0 Å². The Hall–Kier alpha value is -5.25. The first kappa shape index (κ1) is 27.3. The summed E-state index contributed by atoms with van der Waals surface area (Å²) in [6, 6.07) is 68.3. The Morgan fingerprint density at radius 3 is 1.27 bits per heavy atom. The van der Waals surface area contributed by atoms with Crippen LogP contribution in [0.2, 0.25) is 0 Å². The summed E-state index contributed by atoms with van der Waals surface area (Å²) >= 11 is 0. The van der Waals surface area contributed by atoms with E-state index in [0.717, 1.165) is 11.5 Å². The average molecular weight is 595 g/mol. The van der Waals surface area contributed by atoms with Crippen molar-refractivity contribution in [1.29, 1.82) is 0 Å². The first-order chi connectivity index (χ1) is 22.3. The second-order valence-corrected chi connectivity index (χ2v) is 14.4. The molecule has 45 heavy (non-hydrogen) atoms. The van der Waals surface area contributed by atoms with Crippen molar-refractivity contribution in [2.75, 3.05) is 0 Å². The maximum Gasteiger partial charge on any atom is 0.251 e. The number of ether oxygens (including phenoxy) is 1. The molecule has 0 N–H and O–H groups in total. The molecule has 214 valence electrons. The smallest absolute Gasteiger partial charge is 0.251 e. The van der Waals surface area contributed by atoms with Gasteiger partial charge in [0, 0.05) is 19.6 Å². The summed E-state index contributed by atoms with van der Waals surface area (Å²) in [4.78, 5) is 5.25. The highest BCUT2D eigenvalue weighted by Crippen LogP contribution is 2.73. The standard InChI is InChI=1S/C42H31BOS/c1-5-17-32(18-6-1)37-30-29-36(31-40(37)43-38-25-13-15-27-41(38)44-42-28-16-14-26-39(42)43)45(33-19-7-2-8-20-33,34-21-9-3-10-22-34)35-23-11-4-12-24-35/h1-31H. The fourth-order valence-electron chi connectivity index (χ4n) is 6.79. The van der Waals surface area contributed by atoms with Crippen LogP contribution in [0.15, 0.2) is 208 Å². The zero-order valence-corrected chi connectivity index (χ0v) is 25.6. The summed E-state index contributed by atoms with van der Waals surface area (Å²) in [5.41, 5.74) is 6.09. The Balaban J connectivity index is 1.49. The van der Waals surface area contributed by atoms with E-state index >= 15 is 0 Å². The van der Waals surface area contributed by atoms with Crippen molar-refractivity contribution in [2.45, 2.75) is 19.6 Å². The summed E-state index contributed by atoms with van der Waals surface area (Å²) in [7, 11) is -1.86. The summed E-state index contributed by atoms with van der Waals surface area (Å²) in [6.07, 6.45) is 0. The van der Waals surface area contributed by atoms with Crippen LogP contribution >= 0.6 is 10.0 Å². The molecule has 0 radical (unpaired) electrons. The molecular formula is C42H31BOS. The van der Waals surface area contributed by atoms with Crippen LogP contribution < -0.4 is 21.1 Å². The Kier molecular flexibility index (Phi) is 7.09. The van der Waals surface area contributed by atoms with E-state index < -0.39 is 10.0 Å². The minimum atomic E-state index is -1.86. The maximum absolute atomic E-state index is 6.49. The average Bonchev–Trinajstić information content (AvgIpc) is 3.13. The predicted molar refractivity (Wildman–Crippen MR) is 189 cm³/mol. The van der Waals surface area contributed by atoms with Gasteiger partial charge in [0.1, 0.15) is 11.5 Å². The SMILES string of the molecule is c1ccc(-c2ccc(S(c3ccccc3)(c3ccccc3)c3ccccc3)cc2B2c3ccccc3Oc3ccccc32)cc1. The molecule has 3 heteroatoms. The van der Waals surface area contributed by atoms with E-state index in [4.69, 9.17) is 4.74 Å². The normalized spacial score (nSPS) is 12.5. The van der Waals surface area contributed by atoms with Gasteiger partial charge >= 0.3 is 0 Å². The van der Waals surface area contributed by atoms with Crippen LogP contribution in [0.1, 0.15) is 0 Å². The number of fused-ring (bicyclic) bond motifs is 2. The zero-order chi connectivity index (χ0) is 30.1. The van der Waals surface area contributed by atoms with Gasteiger partial charge in [-0.15, -0.1) is 10.0 Å². The molecule has 1 aliphatic rings. The van der Waals surface area contributed by atoms with Gasteiger partial charge in [0.15, 0.2) is 0 Å². The van der Waals surface area contributed by atoms with Crippen molar-refractivity contribution in [1.82, 2.24) is 0 Å². The van der Waals surface area contributed by atoms with E-state index in [1.54, 1.807) is 0 Å². The zero-order valence-electron chi connectivity index (χ0n) is 24.8. The van der Waals surface area contributed by atoms with Gasteiger partial charge in [-0.2, -0.15) is 0 Å². The molecule has 7 aromatic rings. The summed E-state index contributed by atoms with van der Waals surface area (Å²) in [5, 5.41) is 0. The summed E-state index contributed by atoms with van der Waals surface area (Å²) in [5.74, 6) is 1.83. The van der Waals surface area contributed by atoms with Gasteiger partial charge in [-0.25, -0.2) is 0 Å². The van der Waals surface area contributed by atoms with Gasteiger partial charge < -0.3 is 4.74 Å². The maximum atomic E-state index is 6.49. The minimum Gasteiger partial charge on any atom is -0.458 e. The lowest BCUT2D eigenvalue weighted by molar-refractivity contribution is 0.487. The van der Waals surface area contributed by atoms with Crippen molar-refractivity contribution in [3.05, 3.63) is 188 Å². The van der Waals surface area contributed by atoms with Crippen LogP contribution in [-0.4, -0.2) is 6.71 Å². The quantitative estimate of drug-likeness (QED) is 0.174. The topological polar surface area (TPSA) is 9.23 Å². The van der Waals surface area contributed by atoms with Crippen molar-refractivity contribution >= 4 is 33.1 Å². The molecule has 0 atom stereocenters. The number of rotatable bonds is 6. The second-order valence-electron chi connectivity index (χ2n) is 11.3. The highest BCUT2D eigenvalue weighted by molar-refractivity contribution is 8.34. The van der Waals surface area contributed by atoms with Crippen LogP contribution in [-0.2, 0) is 0 Å². The highest BCUT2D eigenvalue weighted by Gasteiger charge is 2.37. The van der Waals surface area contributed by atoms with Gasteiger partial charge in [-0.1, -0.05) is 139 Å². The Morgan fingerprint density at radius 2 is 0.778 bits per heavy atom. The summed E-state index contributed by atoms with van der Waals surface area (Å²) < 4.78 is 6.49. The van der Waals surface area contributed by atoms with E-state index in [2.05, 4.69) is 188 Å². The molecule has 1 heterocycles. The molecule has 1 aliphatic heterocycles. The molecule has 7 aromatic carbocycles. The molecule has 0 amide bonds. The third kappa shape index (κ3) is 4.68. The Bertz CT molecular complexity index is 1940. The third-order valence-electron chi connectivity index (χ3n) is 8.74. The van der Waals surface area contributed by atoms with Crippen LogP contribution in [0.25, 0.3) is 11.1 Å². The van der Waals surface area contributed by atoms with Crippen LogP contribution in [0, 0.1) is 0 Å². The minimum absolute atomic E-state index is 0.000672. The van der Waals surface area contributed by atoms with Gasteiger partial charge in [-0.05, 0) is 76.6 Å². The lowest BCUT2D eigenvalue weighted by atomic mass is 9.35. The molecule has 0 spiro atoms. The van der Waals surface area contributed by atoms with E-state index in [1.165, 1.54) is 47.1 Å². The van der Waals surface area contributed by atoms with Gasteiger partial charge in [0.25, 0.3) is 6.71 Å². The van der Waals surface area contributed by atoms with Crippen molar-refractivity contribution in [3.63, 3.8) is 0 Å². The third-order valence-corrected chi connectivity index (χ3v) is 12.6. The molecule has 0 aliphatic carbocycles. The highest BCUT2D eigenvalue weighted by atomic mass is 32.3. The van der Waals surface area contributed by atoms with E-state index in [-0.39, 0.29) is 6.71 Å². The predicted octanol–water partition coefficient (Wildman–Crippen LogP) is 9.32. The Morgan fingerprint density at radius 1 is 0.356 bits per heavy atom. The first-order valence-corrected chi connectivity index (χ1v) is 17.0. The number of benzene rings is 7. The molecular weight excluding hydrogens is 563 g/mol. The Labute approximate surface area is 267 Å². The molecule has 0 aromatic heterocycles. The molecule has 0 saturated heterocycles. The lowest BCUT2D eigenvalue weighted by Gasteiger charge is -2.42. The van der Waals surface area contributed by atoms with Crippen molar-refractivity contribution in [3.8, 4) is 22.6 Å². The fourth-order valence-corrected chi connectivity index (χ4v) is 10.7. The van der Waals surface area contributed by atoms with Crippen molar-refractivity contribution < 1.29 is 4.74 Å². The molecule has 0 bridgehead atoms. The number of para-hydroxylation sites is 2. The van der Waals surface area contributed by atoms with E-state index in [9.17, 15) is 0 Å². The van der Waals surface area contributed by atoms with Crippen molar-refractivity contribution in [2.24, 2.45) is 0 Å². The molecule has 0 unspecified atom stereocenters. The first-order valence-electron chi connectivity index (χ1n) is 15.4. The summed E-state index contributed by atoms with van der Waals surface area (Å²) in [6.45, 7) is 0.000672. The molecule has 1 nitrogen and oxygen atoms in total. The molecule has 0 saturated carbocycles. The number of hydrogen-bond donors (Lipinski definition) is 0. The molecule has 0 fully saturated rings. The lowest BCUT2D eigenvalue weighted by Crippen LogP contribution is -2.55. The van der Waals surface area contributed by atoms with Gasteiger partial charge in [0.05, 0.1) is 0 Å². The number of hydrogen-bond acceptors (Lipinski definition) is 1. The second kappa shape index (κ2) is 11.7. The van der Waals surface area contributed by atoms with E-state index in [1.807, 2.05) is 0 Å². The largest absolute Gasteiger partial charge is 0.458 e. The van der Waals surface area contributed by atoms with Crippen LogP contribution in [0.3, 0.4) is 0 Å². The van der Waals surface area contributed by atoms with E-state index in [0.29, 0.717) is 0 Å².